The molecule has 0 spiro atoms. The molecule has 0 radical (unpaired) electrons. The highest BCUT2D eigenvalue weighted by Crippen LogP contribution is 2.26. The summed E-state index contributed by atoms with van der Waals surface area (Å²) in [5.41, 5.74) is -0.404. The van der Waals surface area contributed by atoms with E-state index in [1.54, 1.807) is 12.4 Å². The van der Waals surface area contributed by atoms with Gasteiger partial charge in [0.1, 0.15) is 29.5 Å². The van der Waals surface area contributed by atoms with Crippen LogP contribution in [0.3, 0.4) is 0 Å². The molecule has 0 bridgehead atoms. The topological polar surface area (TPSA) is 106 Å². The first-order chi connectivity index (χ1) is 19.5. The van der Waals surface area contributed by atoms with E-state index in [4.69, 9.17) is 9.26 Å². The summed E-state index contributed by atoms with van der Waals surface area (Å²) in [6, 6.07) is 1.58. The molecule has 1 aliphatic rings. The molecule has 1 amide bonds. The monoisotopic (exact) mass is 582 g/mol. The zero-order valence-electron chi connectivity index (χ0n) is 22.7. The Morgan fingerprint density at radius 2 is 1.80 bits per heavy atom. The van der Waals surface area contributed by atoms with E-state index in [1.807, 2.05) is 0 Å². The van der Waals surface area contributed by atoms with Gasteiger partial charge in [-0.3, -0.25) is 4.79 Å². The highest BCUT2D eigenvalue weighted by molar-refractivity contribution is 5.94. The molecular weight excluding hydrogens is 551 g/mol. The summed E-state index contributed by atoms with van der Waals surface area (Å²) in [4.78, 5) is 27.2. The summed E-state index contributed by atoms with van der Waals surface area (Å²) in [6.45, 7) is 4.20. The van der Waals surface area contributed by atoms with Crippen LogP contribution in [0, 0.1) is 23.5 Å². The minimum Gasteiger partial charge on any atom is -0.493 e. The Kier molecular flexibility index (Phi) is 9.71. The molecule has 9 nitrogen and oxygen atoms in total. The van der Waals surface area contributed by atoms with E-state index in [2.05, 4.69) is 38.9 Å². The first kappa shape index (κ1) is 30.1. The number of nitrogens with one attached hydrogen (secondary N) is 1. The van der Waals surface area contributed by atoms with Gasteiger partial charge in [0.2, 0.25) is 17.7 Å². The van der Waals surface area contributed by atoms with Gasteiger partial charge in [0.25, 0.3) is 5.91 Å². The standard InChI is InChI=1S/C27H31F5N6O3/c1-16(2)10-22-36-24(37-41-22)18-13-33-26(34-14-18)38-7-5-17(6-8-38)4-3-9-40-19-11-20(28)23(21(29)12-19)25(39)35-15-27(30,31)32/h11-14,16-17H,3-10,15H2,1-2H3,(H,35,39). The molecule has 1 N–H and O–H groups in total. The van der Waals surface area contributed by atoms with Gasteiger partial charge < -0.3 is 19.5 Å². The summed E-state index contributed by atoms with van der Waals surface area (Å²) >= 11 is 0. The van der Waals surface area contributed by atoms with Crippen molar-refractivity contribution in [2.24, 2.45) is 11.8 Å². The van der Waals surface area contributed by atoms with Crippen molar-refractivity contribution >= 4 is 11.9 Å². The van der Waals surface area contributed by atoms with E-state index in [0.29, 0.717) is 47.9 Å². The lowest BCUT2D eigenvalue weighted by Crippen LogP contribution is -2.35. The predicted octanol–water partition coefficient (Wildman–Crippen LogP) is 5.37. The van der Waals surface area contributed by atoms with Crippen LogP contribution < -0.4 is 15.0 Å². The van der Waals surface area contributed by atoms with Crippen LogP contribution in [0.15, 0.2) is 29.0 Å². The number of hydrogen-bond donors (Lipinski definition) is 1. The zero-order chi connectivity index (χ0) is 29.6. The Bertz CT molecular complexity index is 1280. The Balaban J connectivity index is 1.19. The number of nitrogens with zero attached hydrogens (tertiary/aromatic N) is 5. The fourth-order valence-electron chi connectivity index (χ4n) is 4.51. The van der Waals surface area contributed by atoms with Gasteiger partial charge in [-0.1, -0.05) is 19.0 Å². The summed E-state index contributed by atoms with van der Waals surface area (Å²) in [6.07, 6.45) is 2.68. The lowest BCUT2D eigenvalue weighted by molar-refractivity contribution is -0.123. The third kappa shape index (κ3) is 8.57. The second-order valence-corrected chi connectivity index (χ2v) is 10.4. The van der Waals surface area contributed by atoms with Crippen molar-refractivity contribution in [2.75, 3.05) is 31.1 Å². The highest BCUT2D eigenvalue weighted by Gasteiger charge is 2.29. The lowest BCUT2D eigenvalue weighted by Gasteiger charge is -2.32. The van der Waals surface area contributed by atoms with Gasteiger partial charge in [-0.25, -0.2) is 18.7 Å². The molecule has 1 saturated heterocycles. The van der Waals surface area contributed by atoms with E-state index < -0.39 is 35.8 Å². The quantitative estimate of drug-likeness (QED) is 0.238. The van der Waals surface area contributed by atoms with Crippen molar-refractivity contribution in [3.05, 3.63) is 47.6 Å². The highest BCUT2D eigenvalue weighted by atomic mass is 19.4. The average Bonchev–Trinajstić information content (AvgIpc) is 3.37. The van der Waals surface area contributed by atoms with Gasteiger partial charge in [-0.2, -0.15) is 18.2 Å². The number of benzene rings is 1. The van der Waals surface area contributed by atoms with Crippen molar-refractivity contribution in [3.63, 3.8) is 0 Å². The first-order valence-corrected chi connectivity index (χ1v) is 13.3. The van der Waals surface area contributed by atoms with Crippen LogP contribution in [0.25, 0.3) is 11.4 Å². The molecule has 1 aliphatic heterocycles. The molecule has 0 atom stereocenters. The second-order valence-electron chi connectivity index (χ2n) is 10.4. The van der Waals surface area contributed by atoms with Crippen molar-refractivity contribution in [3.8, 4) is 17.1 Å². The predicted molar refractivity (Wildman–Crippen MR) is 138 cm³/mol. The lowest BCUT2D eigenvalue weighted by atomic mass is 9.92. The van der Waals surface area contributed by atoms with Crippen molar-refractivity contribution < 1.29 is 36.0 Å². The number of carbonyl (C=O) groups is 1. The molecule has 0 saturated carbocycles. The van der Waals surface area contributed by atoms with Gasteiger partial charge in [-0.15, -0.1) is 0 Å². The fraction of sp³-hybridized carbons (Fsp3) is 0.519. The Morgan fingerprint density at radius 3 is 2.41 bits per heavy atom. The number of aromatic nitrogens is 4. The molecule has 14 heteroatoms. The summed E-state index contributed by atoms with van der Waals surface area (Å²) in [5.74, 6) is -1.71. The number of carbonyl (C=O) groups excluding carboxylic acids is 1. The molecular formula is C27H31F5N6O3. The van der Waals surface area contributed by atoms with Gasteiger partial charge >= 0.3 is 6.18 Å². The van der Waals surface area contributed by atoms with Crippen LogP contribution in [0.1, 0.15) is 55.8 Å². The van der Waals surface area contributed by atoms with E-state index in [1.165, 1.54) is 5.32 Å². The zero-order valence-corrected chi connectivity index (χ0v) is 22.7. The number of amides is 1. The maximum Gasteiger partial charge on any atom is 0.405 e. The maximum atomic E-state index is 14.2. The maximum absolute atomic E-state index is 14.2. The third-order valence-corrected chi connectivity index (χ3v) is 6.56. The second kappa shape index (κ2) is 13.2. The van der Waals surface area contributed by atoms with Gasteiger partial charge in [-0.05, 0) is 37.5 Å². The van der Waals surface area contributed by atoms with Crippen LogP contribution >= 0.6 is 0 Å². The third-order valence-electron chi connectivity index (χ3n) is 6.56. The fourth-order valence-corrected chi connectivity index (χ4v) is 4.51. The Morgan fingerprint density at radius 1 is 1.15 bits per heavy atom. The summed E-state index contributed by atoms with van der Waals surface area (Å²) < 4.78 is 75.9. The molecule has 3 heterocycles. The number of rotatable bonds is 11. The normalized spacial score (nSPS) is 14.5. The summed E-state index contributed by atoms with van der Waals surface area (Å²) in [5, 5.41) is 5.46. The van der Waals surface area contributed by atoms with Crippen LogP contribution in [0.2, 0.25) is 0 Å². The van der Waals surface area contributed by atoms with Gasteiger partial charge in [0.05, 0.1) is 12.2 Å². The molecule has 41 heavy (non-hydrogen) atoms. The number of ether oxygens (including phenoxy) is 1. The van der Waals surface area contributed by atoms with Crippen LogP contribution in [0.5, 0.6) is 5.75 Å². The number of anilines is 1. The number of alkyl halides is 3. The minimum absolute atomic E-state index is 0.139. The molecule has 0 unspecified atom stereocenters. The molecule has 0 aliphatic carbocycles. The van der Waals surface area contributed by atoms with Gasteiger partial charge in [0, 0.05) is 44.0 Å². The smallest absolute Gasteiger partial charge is 0.405 e. The van der Waals surface area contributed by atoms with E-state index >= 15 is 0 Å². The van der Waals surface area contributed by atoms with Crippen LogP contribution in [-0.2, 0) is 6.42 Å². The number of hydrogen-bond acceptors (Lipinski definition) is 8. The molecule has 2 aromatic heterocycles. The molecule has 4 rings (SSSR count). The molecule has 1 aromatic carbocycles. The van der Waals surface area contributed by atoms with Crippen molar-refractivity contribution in [1.29, 1.82) is 0 Å². The summed E-state index contributed by atoms with van der Waals surface area (Å²) in [7, 11) is 0. The molecule has 3 aromatic rings. The van der Waals surface area contributed by atoms with E-state index in [0.717, 1.165) is 44.5 Å². The first-order valence-electron chi connectivity index (χ1n) is 13.3. The number of halogens is 5. The van der Waals surface area contributed by atoms with E-state index in [9.17, 15) is 26.7 Å². The van der Waals surface area contributed by atoms with Crippen molar-refractivity contribution in [1.82, 2.24) is 25.4 Å². The van der Waals surface area contributed by atoms with Crippen molar-refractivity contribution in [2.45, 2.75) is 52.1 Å². The van der Waals surface area contributed by atoms with Crippen LogP contribution in [0.4, 0.5) is 27.9 Å². The number of piperidine rings is 1. The minimum atomic E-state index is -4.70. The average molecular weight is 583 g/mol. The van der Waals surface area contributed by atoms with E-state index in [-0.39, 0.29) is 12.4 Å². The van der Waals surface area contributed by atoms with Crippen LogP contribution in [-0.4, -0.2) is 58.4 Å². The van der Waals surface area contributed by atoms with Gasteiger partial charge in [0.15, 0.2) is 0 Å². The molecule has 222 valence electrons. The SMILES string of the molecule is CC(C)Cc1nc(-c2cnc(N3CCC(CCCOc4cc(F)c(C(=O)NCC(F)(F)F)c(F)c4)CC3)nc2)no1. The molecule has 1 fully saturated rings. The largest absolute Gasteiger partial charge is 0.493 e. The Hall–Kier alpha value is -3.84. The Labute approximate surface area is 233 Å².